The Kier molecular flexibility index (Phi) is 60.0. The van der Waals surface area contributed by atoms with Crippen LogP contribution < -0.4 is 5.32 Å². The number of rotatable bonds is 60. The maximum atomic E-state index is 12.5. The standard InChI is InChI=1S/C66H125NO5/c1-3-5-7-9-11-13-15-17-19-21-23-28-32-36-40-44-48-52-56-60-66(71)72-61-57-53-49-45-41-37-33-29-25-24-27-31-35-39-43-47-51-55-59-65(70)67-63(62-68)64(69)58-54-50-46-42-38-34-30-26-22-20-18-16-14-12-10-8-6-4-2/h17,19,27,31,54,58,63-64,68-69H,3-16,18,20-26,28-30,32-53,55-57,59-62H2,1-2H3,(H,67,70)/b19-17-,31-27-,58-54+. The number of ether oxygens (including phenoxy) is 1. The first kappa shape index (κ1) is 70.1. The molecule has 0 rings (SSSR count). The van der Waals surface area contributed by atoms with Gasteiger partial charge in [-0.2, -0.15) is 0 Å². The minimum atomic E-state index is -0.854. The van der Waals surface area contributed by atoms with Gasteiger partial charge in [-0.05, 0) is 83.5 Å². The number of carbonyl (C=O) groups is 2. The van der Waals surface area contributed by atoms with E-state index in [1.54, 1.807) is 6.08 Å². The van der Waals surface area contributed by atoms with Gasteiger partial charge in [0.25, 0.3) is 0 Å². The van der Waals surface area contributed by atoms with E-state index in [1.165, 1.54) is 263 Å². The molecule has 0 spiro atoms. The third kappa shape index (κ3) is 57.4. The highest BCUT2D eigenvalue weighted by Gasteiger charge is 2.18. The van der Waals surface area contributed by atoms with Gasteiger partial charge in [0, 0.05) is 12.8 Å². The SMILES string of the molecule is CCCCCCCC/C=C\CCCCCCCCCCCC(=O)OCCCCCCCCCCC/C=C\CCCCCCCC(=O)NC(CO)C(O)/C=C/CCCCCCCCCCCCCCCCCC. The number of esters is 1. The molecule has 0 aromatic rings. The smallest absolute Gasteiger partial charge is 0.305 e. The number of allylic oxidation sites excluding steroid dienone is 5. The fourth-order valence-corrected chi connectivity index (χ4v) is 9.92. The van der Waals surface area contributed by atoms with Crippen molar-refractivity contribution in [1.29, 1.82) is 0 Å². The third-order valence-corrected chi connectivity index (χ3v) is 14.9. The minimum Gasteiger partial charge on any atom is -0.466 e. The van der Waals surface area contributed by atoms with Crippen molar-refractivity contribution in [3.63, 3.8) is 0 Å². The summed E-state index contributed by atoms with van der Waals surface area (Å²) in [7, 11) is 0. The molecule has 0 fully saturated rings. The quantitative estimate of drug-likeness (QED) is 0.0320. The number of amides is 1. The van der Waals surface area contributed by atoms with Crippen molar-refractivity contribution in [1.82, 2.24) is 5.32 Å². The predicted octanol–water partition coefficient (Wildman–Crippen LogP) is 20.4. The molecule has 3 N–H and O–H groups in total. The summed E-state index contributed by atoms with van der Waals surface area (Å²) < 4.78 is 5.49. The van der Waals surface area contributed by atoms with E-state index in [9.17, 15) is 19.8 Å². The van der Waals surface area contributed by atoms with Crippen molar-refractivity contribution in [2.45, 2.75) is 360 Å². The van der Waals surface area contributed by atoms with Crippen LogP contribution in [0.5, 0.6) is 0 Å². The highest BCUT2D eigenvalue weighted by Crippen LogP contribution is 2.17. The molecular formula is C66H125NO5. The first-order chi connectivity index (χ1) is 35.5. The van der Waals surface area contributed by atoms with Gasteiger partial charge in [-0.25, -0.2) is 0 Å². The number of carbonyl (C=O) groups excluding carboxylic acids is 2. The highest BCUT2D eigenvalue weighted by molar-refractivity contribution is 5.76. The molecule has 0 saturated carbocycles. The summed E-state index contributed by atoms with van der Waals surface area (Å²) in [5.74, 6) is -0.0782. The van der Waals surface area contributed by atoms with Crippen LogP contribution in [0.1, 0.15) is 348 Å². The summed E-state index contributed by atoms with van der Waals surface area (Å²) in [4.78, 5) is 24.6. The summed E-state index contributed by atoms with van der Waals surface area (Å²) in [5.41, 5.74) is 0. The summed E-state index contributed by atoms with van der Waals surface area (Å²) in [6, 6.07) is -0.639. The van der Waals surface area contributed by atoms with Gasteiger partial charge in [0.2, 0.25) is 5.91 Å². The maximum absolute atomic E-state index is 12.5. The van der Waals surface area contributed by atoms with Gasteiger partial charge in [-0.1, -0.05) is 288 Å². The van der Waals surface area contributed by atoms with Gasteiger partial charge in [-0.15, -0.1) is 0 Å². The number of aliphatic hydroxyl groups is 2. The molecule has 424 valence electrons. The lowest BCUT2D eigenvalue weighted by molar-refractivity contribution is -0.143. The zero-order valence-electron chi connectivity index (χ0n) is 48.4. The third-order valence-electron chi connectivity index (χ3n) is 14.9. The van der Waals surface area contributed by atoms with Gasteiger partial charge in [-0.3, -0.25) is 9.59 Å². The number of nitrogens with one attached hydrogen (secondary N) is 1. The van der Waals surface area contributed by atoms with Crippen LogP contribution in [0.3, 0.4) is 0 Å². The maximum Gasteiger partial charge on any atom is 0.305 e. The Balaban J connectivity index is 3.46. The van der Waals surface area contributed by atoms with Crippen LogP contribution in [-0.2, 0) is 14.3 Å². The summed E-state index contributed by atoms with van der Waals surface area (Å²) in [5, 5.41) is 23.2. The second-order valence-corrected chi connectivity index (χ2v) is 22.1. The lowest BCUT2D eigenvalue weighted by Crippen LogP contribution is -2.45. The van der Waals surface area contributed by atoms with Crippen molar-refractivity contribution in [3.05, 3.63) is 36.5 Å². The molecule has 0 aliphatic rings. The number of aliphatic hydroxyl groups excluding tert-OH is 2. The van der Waals surface area contributed by atoms with E-state index in [0.29, 0.717) is 19.4 Å². The second-order valence-electron chi connectivity index (χ2n) is 22.1. The van der Waals surface area contributed by atoms with Gasteiger partial charge in [0.1, 0.15) is 0 Å². The molecule has 6 heteroatoms. The molecule has 0 radical (unpaired) electrons. The number of hydrogen-bond acceptors (Lipinski definition) is 5. The molecule has 0 saturated heterocycles. The number of unbranched alkanes of at least 4 members (excludes halogenated alkanes) is 45. The average molecular weight is 1010 g/mol. The molecule has 0 aliphatic carbocycles. The van der Waals surface area contributed by atoms with Crippen molar-refractivity contribution >= 4 is 11.9 Å². The van der Waals surface area contributed by atoms with Crippen LogP contribution in [0.25, 0.3) is 0 Å². The normalized spacial score (nSPS) is 12.8. The zero-order valence-corrected chi connectivity index (χ0v) is 48.4. The fourth-order valence-electron chi connectivity index (χ4n) is 9.92. The Morgan fingerprint density at radius 1 is 0.375 bits per heavy atom. The van der Waals surface area contributed by atoms with Crippen LogP contribution in [0.15, 0.2) is 36.5 Å². The Morgan fingerprint density at radius 2 is 0.653 bits per heavy atom. The molecule has 6 nitrogen and oxygen atoms in total. The summed E-state index contributed by atoms with van der Waals surface area (Å²) >= 11 is 0. The van der Waals surface area contributed by atoms with Gasteiger partial charge in [0.05, 0.1) is 25.4 Å². The molecule has 0 bridgehead atoms. The molecule has 2 atom stereocenters. The lowest BCUT2D eigenvalue weighted by Gasteiger charge is -2.20. The van der Waals surface area contributed by atoms with Crippen LogP contribution >= 0.6 is 0 Å². The van der Waals surface area contributed by atoms with Crippen molar-refractivity contribution < 1.29 is 24.5 Å². The molecule has 2 unspecified atom stereocenters. The Hall–Kier alpha value is -1.92. The van der Waals surface area contributed by atoms with Crippen LogP contribution in [0, 0.1) is 0 Å². The molecule has 1 amide bonds. The van der Waals surface area contributed by atoms with E-state index in [-0.39, 0.29) is 18.5 Å². The van der Waals surface area contributed by atoms with E-state index >= 15 is 0 Å². The molecule has 72 heavy (non-hydrogen) atoms. The van der Waals surface area contributed by atoms with E-state index in [2.05, 4.69) is 43.5 Å². The first-order valence-corrected chi connectivity index (χ1v) is 32.3. The van der Waals surface area contributed by atoms with Crippen LogP contribution in [-0.4, -0.2) is 47.4 Å². The van der Waals surface area contributed by atoms with E-state index < -0.39 is 12.1 Å². The Morgan fingerprint density at radius 3 is 0.986 bits per heavy atom. The van der Waals surface area contributed by atoms with Crippen LogP contribution in [0.4, 0.5) is 0 Å². The van der Waals surface area contributed by atoms with Crippen molar-refractivity contribution in [3.8, 4) is 0 Å². The topological polar surface area (TPSA) is 95.9 Å². The molecule has 0 aliphatic heterocycles. The average Bonchev–Trinajstić information content (AvgIpc) is 3.38. The Labute approximate surface area is 449 Å². The highest BCUT2D eigenvalue weighted by atomic mass is 16.5. The van der Waals surface area contributed by atoms with E-state index in [0.717, 1.165) is 57.8 Å². The van der Waals surface area contributed by atoms with E-state index in [4.69, 9.17) is 4.74 Å². The minimum absolute atomic E-state index is 0.00201. The first-order valence-electron chi connectivity index (χ1n) is 32.3. The van der Waals surface area contributed by atoms with Gasteiger partial charge in [0.15, 0.2) is 0 Å². The van der Waals surface area contributed by atoms with E-state index in [1.807, 2.05) is 6.08 Å². The van der Waals surface area contributed by atoms with Gasteiger partial charge < -0.3 is 20.3 Å². The molecule has 0 heterocycles. The van der Waals surface area contributed by atoms with Gasteiger partial charge >= 0.3 is 5.97 Å². The van der Waals surface area contributed by atoms with Crippen LogP contribution in [0.2, 0.25) is 0 Å². The molecule has 0 aromatic carbocycles. The summed E-state index contributed by atoms with van der Waals surface area (Å²) in [6.45, 7) is 4.91. The fraction of sp³-hybridized carbons (Fsp3) is 0.879. The Bertz CT molecular complexity index is 1170. The largest absolute Gasteiger partial charge is 0.466 e. The van der Waals surface area contributed by atoms with Crippen molar-refractivity contribution in [2.24, 2.45) is 0 Å². The zero-order chi connectivity index (χ0) is 52.2. The lowest BCUT2D eigenvalue weighted by atomic mass is 10.0. The predicted molar refractivity (Wildman–Crippen MR) is 315 cm³/mol. The monoisotopic (exact) mass is 1010 g/mol. The van der Waals surface area contributed by atoms with Crippen molar-refractivity contribution in [2.75, 3.05) is 13.2 Å². The molecule has 0 aromatic heterocycles. The molecular weight excluding hydrogens is 887 g/mol. The summed E-state index contributed by atoms with van der Waals surface area (Å²) in [6.07, 6.45) is 77.6. The second kappa shape index (κ2) is 61.6. The number of hydrogen-bond donors (Lipinski definition) is 3.